The van der Waals surface area contributed by atoms with Gasteiger partial charge in [-0.3, -0.25) is 4.99 Å². The summed E-state index contributed by atoms with van der Waals surface area (Å²) in [4.78, 5) is 22.6. The number of hydrogen-bond donors (Lipinski definition) is 0. The maximum absolute atomic E-state index is 12.2. The number of rotatable bonds is 4. The fraction of sp³-hybridized carbons (Fsp3) is 0.722. The summed E-state index contributed by atoms with van der Waals surface area (Å²) in [6, 6.07) is 0. The van der Waals surface area contributed by atoms with Gasteiger partial charge in [-0.15, -0.1) is 0 Å². The lowest BCUT2D eigenvalue weighted by Gasteiger charge is -2.34. The molecule has 1 aliphatic rings. The molecule has 0 N–H and O–H groups in total. The minimum absolute atomic E-state index is 0.221. The van der Waals surface area contributed by atoms with Gasteiger partial charge in [0, 0.05) is 26.4 Å². The summed E-state index contributed by atoms with van der Waals surface area (Å²) >= 11 is 0. The van der Waals surface area contributed by atoms with E-state index in [2.05, 4.69) is 16.6 Å². The zero-order valence-corrected chi connectivity index (χ0v) is 15.3. The molecule has 1 fully saturated rings. The molecule has 1 rings (SSSR count). The lowest BCUT2D eigenvalue weighted by atomic mass is 9.91. The molecule has 0 aromatic rings. The van der Waals surface area contributed by atoms with Gasteiger partial charge in [-0.2, -0.15) is 0 Å². The Morgan fingerprint density at radius 3 is 2.70 bits per heavy atom. The Bertz CT molecular complexity index is 475. The predicted molar refractivity (Wildman–Crippen MR) is 96.4 cm³/mol. The lowest BCUT2D eigenvalue weighted by molar-refractivity contribution is 0.0167. The fourth-order valence-electron chi connectivity index (χ4n) is 2.65. The number of amidine groups is 1. The Hall–Kier alpha value is -1.65. The average Bonchev–Trinajstić information content (AvgIpc) is 2.46. The Morgan fingerprint density at radius 1 is 1.43 bits per heavy atom. The fourth-order valence-corrected chi connectivity index (χ4v) is 2.65. The van der Waals surface area contributed by atoms with Crippen LogP contribution >= 0.6 is 0 Å². The molecule has 5 nitrogen and oxygen atoms in total. The maximum atomic E-state index is 12.2. The van der Waals surface area contributed by atoms with Gasteiger partial charge in [-0.25, -0.2) is 9.79 Å². The van der Waals surface area contributed by atoms with E-state index >= 15 is 0 Å². The molecule has 23 heavy (non-hydrogen) atoms. The normalized spacial score (nSPS) is 20.0. The second-order valence-corrected chi connectivity index (χ2v) is 7.01. The summed E-state index contributed by atoms with van der Waals surface area (Å²) in [6.45, 7) is 13.3. The molecule has 1 atom stereocenters. The molecule has 0 aromatic carbocycles. The van der Waals surface area contributed by atoms with Crippen LogP contribution in [0.3, 0.4) is 0 Å². The first-order chi connectivity index (χ1) is 10.8. The molecular weight excluding hydrogens is 290 g/mol. The zero-order valence-electron chi connectivity index (χ0n) is 15.3. The molecule has 1 saturated heterocycles. The summed E-state index contributed by atoms with van der Waals surface area (Å²) in [5.74, 6) is 1.10. The summed E-state index contributed by atoms with van der Waals surface area (Å²) in [5, 5.41) is 0. The molecule has 0 aliphatic carbocycles. The van der Waals surface area contributed by atoms with Crippen molar-refractivity contribution in [3.63, 3.8) is 0 Å². The Morgan fingerprint density at radius 2 is 2.13 bits per heavy atom. The Balaban J connectivity index is 2.60. The molecule has 5 heteroatoms. The molecule has 1 heterocycles. The van der Waals surface area contributed by atoms with Crippen molar-refractivity contribution in [2.24, 2.45) is 15.9 Å². The van der Waals surface area contributed by atoms with E-state index in [1.807, 2.05) is 38.8 Å². The average molecular weight is 321 g/mol. The summed E-state index contributed by atoms with van der Waals surface area (Å²) in [7, 11) is 1.74. The highest BCUT2D eigenvalue weighted by molar-refractivity contribution is 6.02. The minimum atomic E-state index is -0.454. The summed E-state index contributed by atoms with van der Waals surface area (Å²) < 4.78 is 5.47. The SMILES string of the molecule is C=C(C[C@H]1CCCN(C(=O)OC(C)(C)C)C1)C(/N=C\CC)=N/C. The van der Waals surface area contributed by atoms with Crippen LogP contribution in [0.15, 0.2) is 22.1 Å². The third kappa shape index (κ3) is 6.97. The largest absolute Gasteiger partial charge is 0.444 e. The molecule has 1 amide bonds. The highest BCUT2D eigenvalue weighted by Crippen LogP contribution is 2.24. The van der Waals surface area contributed by atoms with Crippen molar-refractivity contribution in [2.45, 2.75) is 59.0 Å². The highest BCUT2D eigenvalue weighted by atomic mass is 16.6. The second-order valence-electron chi connectivity index (χ2n) is 7.01. The smallest absolute Gasteiger partial charge is 0.410 e. The highest BCUT2D eigenvalue weighted by Gasteiger charge is 2.28. The van der Waals surface area contributed by atoms with E-state index in [1.165, 1.54) is 0 Å². The first kappa shape index (κ1) is 19.4. The van der Waals surface area contributed by atoms with E-state index in [4.69, 9.17) is 4.74 Å². The van der Waals surface area contributed by atoms with Crippen molar-refractivity contribution < 1.29 is 9.53 Å². The maximum Gasteiger partial charge on any atom is 0.410 e. The van der Waals surface area contributed by atoms with Crippen molar-refractivity contribution in [1.29, 1.82) is 0 Å². The quantitative estimate of drug-likeness (QED) is 0.578. The predicted octanol–water partition coefficient (Wildman–Crippen LogP) is 4.09. The number of carbonyl (C=O) groups excluding carboxylic acids is 1. The molecule has 0 aromatic heterocycles. The van der Waals surface area contributed by atoms with E-state index in [1.54, 1.807) is 7.05 Å². The van der Waals surface area contributed by atoms with Crippen LogP contribution in [0.4, 0.5) is 4.79 Å². The summed E-state index contributed by atoms with van der Waals surface area (Å²) in [6.07, 6.45) is 5.40. The number of piperidine rings is 1. The Labute approximate surface area is 140 Å². The van der Waals surface area contributed by atoms with Gasteiger partial charge in [-0.1, -0.05) is 13.5 Å². The zero-order chi connectivity index (χ0) is 17.5. The van der Waals surface area contributed by atoms with Crippen LogP contribution in [0, 0.1) is 5.92 Å². The van der Waals surface area contributed by atoms with Gasteiger partial charge < -0.3 is 9.64 Å². The van der Waals surface area contributed by atoms with Crippen LogP contribution in [0.2, 0.25) is 0 Å². The van der Waals surface area contributed by atoms with Gasteiger partial charge in [-0.05, 0) is 57.9 Å². The van der Waals surface area contributed by atoms with Crippen molar-refractivity contribution in [3.8, 4) is 0 Å². The minimum Gasteiger partial charge on any atom is -0.444 e. The first-order valence-electron chi connectivity index (χ1n) is 8.42. The van der Waals surface area contributed by atoms with Crippen LogP contribution in [-0.4, -0.2) is 48.8 Å². The van der Waals surface area contributed by atoms with Gasteiger partial charge in [0.15, 0.2) is 0 Å². The van der Waals surface area contributed by atoms with Crippen molar-refractivity contribution in [2.75, 3.05) is 20.1 Å². The van der Waals surface area contributed by atoms with Gasteiger partial charge in [0.2, 0.25) is 0 Å². The molecule has 0 spiro atoms. The van der Waals surface area contributed by atoms with Crippen molar-refractivity contribution >= 4 is 18.1 Å². The van der Waals surface area contributed by atoms with Gasteiger partial charge in [0.25, 0.3) is 0 Å². The van der Waals surface area contributed by atoms with E-state index < -0.39 is 5.60 Å². The van der Waals surface area contributed by atoms with Crippen molar-refractivity contribution in [3.05, 3.63) is 12.2 Å². The van der Waals surface area contributed by atoms with Gasteiger partial charge >= 0.3 is 6.09 Å². The number of nitrogens with zero attached hydrogens (tertiary/aromatic N) is 3. The van der Waals surface area contributed by atoms with Gasteiger partial charge in [0.1, 0.15) is 11.4 Å². The number of aliphatic imine (C=N–C) groups is 2. The van der Waals surface area contributed by atoms with Crippen molar-refractivity contribution in [1.82, 2.24) is 4.90 Å². The van der Waals surface area contributed by atoms with E-state index in [0.717, 1.165) is 37.8 Å². The van der Waals surface area contributed by atoms with Crippen LogP contribution in [0.25, 0.3) is 0 Å². The monoisotopic (exact) mass is 321 g/mol. The number of hydrogen-bond acceptors (Lipinski definition) is 3. The number of ether oxygens (including phenoxy) is 1. The molecule has 1 aliphatic heterocycles. The standard InChI is InChI=1S/C18H31N3O2/c1-7-10-20-16(19-6)14(2)12-15-9-8-11-21(13-15)17(22)23-18(3,4)5/h10,15H,2,7-9,11-13H2,1,3-6H3/b19-16-,20-10-/t15-/m1/s1. The second kappa shape index (κ2) is 8.85. The molecule has 130 valence electrons. The topological polar surface area (TPSA) is 54.3 Å². The first-order valence-corrected chi connectivity index (χ1v) is 8.42. The van der Waals surface area contributed by atoms with E-state index in [-0.39, 0.29) is 6.09 Å². The van der Waals surface area contributed by atoms with Crippen LogP contribution in [0.5, 0.6) is 0 Å². The van der Waals surface area contributed by atoms with Crippen LogP contribution in [0.1, 0.15) is 53.4 Å². The number of carbonyl (C=O) groups is 1. The van der Waals surface area contributed by atoms with E-state index in [9.17, 15) is 4.79 Å². The third-order valence-corrected chi connectivity index (χ3v) is 3.63. The molecule has 0 saturated carbocycles. The van der Waals surface area contributed by atoms with Crippen LogP contribution < -0.4 is 0 Å². The Kier molecular flexibility index (Phi) is 7.46. The molecular formula is C18H31N3O2. The van der Waals surface area contributed by atoms with E-state index in [0.29, 0.717) is 18.3 Å². The lowest BCUT2D eigenvalue weighted by Crippen LogP contribution is -2.43. The molecule has 0 radical (unpaired) electrons. The number of likely N-dealkylation sites (tertiary alicyclic amines) is 1. The molecule has 0 bridgehead atoms. The number of amides is 1. The molecule has 0 unspecified atom stereocenters. The third-order valence-electron chi connectivity index (χ3n) is 3.63. The summed E-state index contributed by atoms with van der Waals surface area (Å²) in [5.41, 5.74) is 0.484. The van der Waals surface area contributed by atoms with Gasteiger partial charge in [0.05, 0.1) is 0 Å². The van der Waals surface area contributed by atoms with Crippen LogP contribution in [-0.2, 0) is 4.74 Å².